The van der Waals surface area contributed by atoms with Crippen LogP contribution >= 0.6 is 0 Å². The fraction of sp³-hybridized carbons (Fsp3) is 0.222. The summed E-state index contributed by atoms with van der Waals surface area (Å²) in [5, 5.41) is 10.7. The molecule has 0 aliphatic carbocycles. The third kappa shape index (κ3) is 2.12. The summed E-state index contributed by atoms with van der Waals surface area (Å²) in [6.07, 6.45) is 0. The molecule has 0 bridgehead atoms. The predicted molar refractivity (Wildman–Crippen MR) is 77.8 cm³/mol. The Morgan fingerprint density at radius 2 is 1.50 bits per heavy atom. The number of fused-ring (bicyclic) bond motifs is 1. The first kappa shape index (κ1) is 12.9. The summed E-state index contributed by atoms with van der Waals surface area (Å²) in [5.41, 5.74) is 2.02. The zero-order valence-corrected chi connectivity index (χ0v) is 11.6. The zero-order valence-electron chi connectivity index (χ0n) is 11.6. The van der Waals surface area contributed by atoms with Crippen molar-refractivity contribution >= 4 is 0 Å². The Kier molecular flexibility index (Phi) is 2.90. The monoisotopic (exact) mass is 264 g/mol. The lowest BCUT2D eigenvalue weighted by Gasteiger charge is -2.22. The summed E-state index contributed by atoms with van der Waals surface area (Å²) in [4.78, 5) is 0. The van der Waals surface area contributed by atoms with Crippen LogP contribution in [0.25, 0.3) is 0 Å². The Balaban J connectivity index is 2.05. The second-order valence-corrected chi connectivity index (χ2v) is 5.42. The standard InChI is InChI=1S/C18H16O2/c1-17(2)15-10-6-7-11-16(15)18(19,20-17)13-12-14-8-4-3-5-9-14/h3-11,19H,1-2H3/t18-/m1/s1. The Morgan fingerprint density at radius 3 is 2.20 bits per heavy atom. The van der Waals surface area contributed by atoms with Crippen molar-refractivity contribution in [1.29, 1.82) is 0 Å². The Hall–Kier alpha value is -2.08. The maximum absolute atomic E-state index is 10.7. The molecule has 0 spiro atoms. The number of rotatable bonds is 0. The molecule has 0 unspecified atom stereocenters. The van der Waals surface area contributed by atoms with Gasteiger partial charge in [0.05, 0.1) is 5.60 Å². The highest BCUT2D eigenvalue weighted by Crippen LogP contribution is 2.45. The van der Waals surface area contributed by atoms with Gasteiger partial charge in [0.15, 0.2) is 0 Å². The summed E-state index contributed by atoms with van der Waals surface area (Å²) in [5.74, 6) is 4.30. The molecule has 0 saturated heterocycles. The highest BCUT2D eigenvalue weighted by atomic mass is 16.6. The van der Waals surface area contributed by atoms with Gasteiger partial charge in [-0.15, -0.1) is 0 Å². The molecule has 2 aromatic carbocycles. The minimum absolute atomic E-state index is 0.545. The zero-order chi connectivity index (χ0) is 14.2. The highest BCUT2D eigenvalue weighted by molar-refractivity contribution is 5.45. The van der Waals surface area contributed by atoms with Crippen molar-refractivity contribution in [2.75, 3.05) is 0 Å². The van der Waals surface area contributed by atoms with E-state index < -0.39 is 11.4 Å². The van der Waals surface area contributed by atoms with Crippen LogP contribution in [-0.2, 0) is 16.1 Å². The van der Waals surface area contributed by atoms with Crippen molar-refractivity contribution in [2.45, 2.75) is 25.2 Å². The van der Waals surface area contributed by atoms with Crippen molar-refractivity contribution in [3.05, 3.63) is 71.3 Å². The van der Waals surface area contributed by atoms with E-state index in [0.29, 0.717) is 0 Å². The fourth-order valence-corrected chi connectivity index (χ4v) is 2.55. The van der Waals surface area contributed by atoms with Gasteiger partial charge >= 0.3 is 0 Å². The van der Waals surface area contributed by atoms with Gasteiger partial charge in [-0.1, -0.05) is 48.4 Å². The van der Waals surface area contributed by atoms with Crippen molar-refractivity contribution in [3.8, 4) is 11.8 Å². The minimum atomic E-state index is -1.55. The highest BCUT2D eigenvalue weighted by Gasteiger charge is 2.46. The molecular weight excluding hydrogens is 248 g/mol. The van der Waals surface area contributed by atoms with Crippen molar-refractivity contribution in [2.24, 2.45) is 0 Å². The molecule has 0 fully saturated rings. The number of hydrogen-bond acceptors (Lipinski definition) is 2. The van der Waals surface area contributed by atoms with Crippen LogP contribution in [0.5, 0.6) is 0 Å². The summed E-state index contributed by atoms with van der Waals surface area (Å²) in [6.45, 7) is 3.88. The van der Waals surface area contributed by atoms with Crippen molar-refractivity contribution in [3.63, 3.8) is 0 Å². The van der Waals surface area contributed by atoms with E-state index in [-0.39, 0.29) is 0 Å². The van der Waals surface area contributed by atoms with Crippen molar-refractivity contribution in [1.82, 2.24) is 0 Å². The van der Waals surface area contributed by atoms with Gasteiger partial charge in [-0.05, 0) is 37.5 Å². The quantitative estimate of drug-likeness (QED) is 0.741. The summed E-state index contributed by atoms with van der Waals surface area (Å²) in [6, 6.07) is 17.2. The molecule has 2 aromatic rings. The molecule has 0 amide bonds. The predicted octanol–water partition coefficient (Wildman–Crippen LogP) is 3.15. The van der Waals surface area contributed by atoms with E-state index in [2.05, 4.69) is 11.8 Å². The number of benzene rings is 2. The van der Waals surface area contributed by atoms with Crippen LogP contribution in [0.1, 0.15) is 30.5 Å². The Morgan fingerprint density at radius 1 is 0.900 bits per heavy atom. The average Bonchev–Trinajstić information content (AvgIpc) is 2.66. The second kappa shape index (κ2) is 4.49. The van der Waals surface area contributed by atoms with Gasteiger partial charge < -0.3 is 9.84 Å². The van der Waals surface area contributed by atoms with Crippen LogP contribution < -0.4 is 0 Å². The summed E-state index contributed by atoms with van der Waals surface area (Å²) >= 11 is 0. The van der Waals surface area contributed by atoms with Gasteiger partial charge in [-0.2, -0.15) is 0 Å². The van der Waals surface area contributed by atoms with E-state index in [4.69, 9.17) is 4.74 Å². The van der Waals surface area contributed by atoms with Crippen LogP contribution in [0.2, 0.25) is 0 Å². The van der Waals surface area contributed by atoms with Gasteiger partial charge in [0, 0.05) is 11.1 Å². The molecular formula is C18H16O2. The molecule has 1 aliphatic heterocycles. The first-order chi connectivity index (χ1) is 9.51. The molecule has 1 heterocycles. The first-order valence-electron chi connectivity index (χ1n) is 6.62. The van der Waals surface area contributed by atoms with Crippen LogP contribution in [0.4, 0.5) is 0 Å². The normalized spacial score (nSPS) is 22.8. The van der Waals surface area contributed by atoms with Gasteiger partial charge in [0.1, 0.15) is 0 Å². The van der Waals surface area contributed by atoms with E-state index in [9.17, 15) is 5.11 Å². The lowest BCUT2D eigenvalue weighted by molar-refractivity contribution is -0.210. The van der Waals surface area contributed by atoms with Crippen LogP contribution in [0.3, 0.4) is 0 Å². The summed E-state index contributed by atoms with van der Waals surface area (Å²) in [7, 11) is 0. The third-order valence-electron chi connectivity index (χ3n) is 3.49. The smallest absolute Gasteiger partial charge is 0.260 e. The maximum Gasteiger partial charge on any atom is 0.260 e. The molecule has 100 valence electrons. The van der Waals surface area contributed by atoms with Gasteiger partial charge in [0.2, 0.25) is 0 Å². The molecule has 2 heteroatoms. The maximum atomic E-state index is 10.7. The van der Waals surface area contributed by atoms with Gasteiger partial charge in [0.25, 0.3) is 5.79 Å². The fourth-order valence-electron chi connectivity index (χ4n) is 2.55. The molecule has 3 rings (SSSR count). The lowest BCUT2D eigenvalue weighted by Crippen LogP contribution is -2.27. The number of hydrogen-bond donors (Lipinski definition) is 1. The van der Waals surface area contributed by atoms with Crippen molar-refractivity contribution < 1.29 is 9.84 Å². The first-order valence-corrected chi connectivity index (χ1v) is 6.62. The van der Waals surface area contributed by atoms with E-state index in [1.165, 1.54) is 0 Å². The second-order valence-electron chi connectivity index (χ2n) is 5.42. The van der Waals surface area contributed by atoms with Gasteiger partial charge in [-0.3, -0.25) is 0 Å². The van der Waals surface area contributed by atoms with E-state index in [1.54, 1.807) is 0 Å². The Bertz CT molecular complexity index is 692. The molecule has 0 aromatic heterocycles. The molecule has 20 heavy (non-hydrogen) atoms. The average molecular weight is 264 g/mol. The van der Waals surface area contributed by atoms with Gasteiger partial charge in [-0.25, -0.2) is 0 Å². The minimum Gasteiger partial charge on any atom is -0.352 e. The third-order valence-corrected chi connectivity index (χ3v) is 3.49. The topological polar surface area (TPSA) is 29.5 Å². The molecule has 2 nitrogen and oxygen atoms in total. The van der Waals surface area contributed by atoms with Crippen LogP contribution in [0, 0.1) is 11.8 Å². The molecule has 1 aliphatic rings. The number of ether oxygens (including phenoxy) is 1. The van der Waals surface area contributed by atoms with Crippen LogP contribution in [0.15, 0.2) is 54.6 Å². The lowest BCUT2D eigenvalue weighted by atomic mass is 9.94. The molecule has 1 atom stereocenters. The number of aliphatic hydroxyl groups is 1. The SMILES string of the molecule is CC1(C)O[C@](O)(C#Cc2ccccc2)c2ccccc21. The van der Waals surface area contributed by atoms with Crippen LogP contribution in [-0.4, -0.2) is 5.11 Å². The molecule has 0 saturated carbocycles. The van der Waals surface area contributed by atoms with E-state index >= 15 is 0 Å². The summed E-state index contributed by atoms with van der Waals surface area (Å²) < 4.78 is 5.81. The van der Waals surface area contributed by atoms with E-state index in [1.807, 2.05) is 68.4 Å². The molecule has 1 N–H and O–H groups in total. The van der Waals surface area contributed by atoms with E-state index in [0.717, 1.165) is 16.7 Å². The largest absolute Gasteiger partial charge is 0.352 e. The Labute approximate surface area is 119 Å². The molecule has 0 radical (unpaired) electrons.